The first-order valence-corrected chi connectivity index (χ1v) is 8.27. The van der Waals surface area contributed by atoms with Crippen LogP contribution in [0, 0.1) is 11.6 Å². The molecule has 0 saturated carbocycles. The predicted octanol–water partition coefficient (Wildman–Crippen LogP) is 3.39. The summed E-state index contributed by atoms with van der Waals surface area (Å²) in [5.74, 6) is -1.02. The maximum absolute atomic E-state index is 13.7. The third-order valence-corrected chi connectivity index (χ3v) is 4.58. The van der Waals surface area contributed by atoms with Crippen LogP contribution in [0.15, 0.2) is 54.1 Å². The molecule has 24 heavy (non-hydrogen) atoms. The Labute approximate surface area is 142 Å². The molecule has 0 radical (unpaired) electrons. The van der Waals surface area contributed by atoms with Gasteiger partial charge in [-0.1, -0.05) is 17.8 Å². The molecule has 124 valence electrons. The second-order valence-electron chi connectivity index (χ2n) is 5.12. The van der Waals surface area contributed by atoms with E-state index in [1.807, 2.05) is 16.7 Å². The first-order valence-electron chi connectivity index (χ1n) is 7.29. The highest BCUT2D eigenvalue weighted by atomic mass is 32.2. The van der Waals surface area contributed by atoms with Gasteiger partial charge in [-0.3, -0.25) is 4.98 Å². The van der Waals surface area contributed by atoms with Crippen molar-refractivity contribution < 1.29 is 13.9 Å². The molecular weight excluding hydrogens is 332 g/mol. The SMILES string of the molecule is OCc1cnc(SCc2c(F)cccc2F)n1Cc1ccncc1. The van der Waals surface area contributed by atoms with Crippen molar-refractivity contribution in [3.8, 4) is 0 Å². The zero-order chi connectivity index (χ0) is 16.9. The summed E-state index contributed by atoms with van der Waals surface area (Å²) in [4.78, 5) is 8.24. The van der Waals surface area contributed by atoms with Crippen molar-refractivity contribution in [1.29, 1.82) is 0 Å². The molecule has 3 aromatic rings. The number of aliphatic hydroxyl groups is 1. The van der Waals surface area contributed by atoms with Gasteiger partial charge in [0.25, 0.3) is 0 Å². The third kappa shape index (κ3) is 3.63. The predicted molar refractivity (Wildman–Crippen MR) is 87.4 cm³/mol. The average Bonchev–Trinajstić information content (AvgIpc) is 2.97. The van der Waals surface area contributed by atoms with Crippen molar-refractivity contribution in [2.24, 2.45) is 0 Å². The zero-order valence-corrected chi connectivity index (χ0v) is 13.5. The van der Waals surface area contributed by atoms with Crippen molar-refractivity contribution in [2.45, 2.75) is 24.1 Å². The van der Waals surface area contributed by atoms with Crippen LogP contribution in [0.1, 0.15) is 16.8 Å². The molecule has 0 fully saturated rings. The number of rotatable bonds is 6. The number of hydrogen-bond acceptors (Lipinski definition) is 4. The van der Waals surface area contributed by atoms with Gasteiger partial charge in [0, 0.05) is 23.7 Å². The van der Waals surface area contributed by atoms with Crippen molar-refractivity contribution in [2.75, 3.05) is 0 Å². The molecule has 3 rings (SSSR count). The normalized spacial score (nSPS) is 11.0. The largest absolute Gasteiger partial charge is 0.390 e. The monoisotopic (exact) mass is 347 g/mol. The van der Waals surface area contributed by atoms with E-state index in [4.69, 9.17) is 0 Å². The Kier molecular flexibility index (Phi) is 5.22. The summed E-state index contributed by atoms with van der Waals surface area (Å²) in [6.07, 6.45) is 4.94. The Morgan fingerprint density at radius 2 is 1.79 bits per heavy atom. The van der Waals surface area contributed by atoms with Crippen LogP contribution in [0.5, 0.6) is 0 Å². The number of thioether (sulfide) groups is 1. The number of pyridine rings is 1. The minimum absolute atomic E-state index is 0.0199. The quantitative estimate of drug-likeness (QED) is 0.695. The van der Waals surface area contributed by atoms with Crippen LogP contribution in [0.4, 0.5) is 8.78 Å². The summed E-state index contributed by atoms with van der Waals surface area (Å²) >= 11 is 1.23. The molecule has 0 spiro atoms. The van der Waals surface area contributed by atoms with E-state index in [0.29, 0.717) is 17.4 Å². The topological polar surface area (TPSA) is 50.9 Å². The molecule has 0 amide bonds. The molecular formula is C17H15F2N3OS. The van der Waals surface area contributed by atoms with Crippen LogP contribution >= 0.6 is 11.8 Å². The Morgan fingerprint density at radius 3 is 2.46 bits per heavy atom. The fraction of sp³-hybridized carbons (Fsp3) is 0.176. The maximum atomic E-state index is 13.7. The molecule has 4 nitrogen and oxygen atoms in total. The average molecular weight is 347 g/mol. The highest BCUT2D eigenvalue weighted by Crippen LogP contribution is 2.26. The molecule has 7 heteroatoms. The van der Waals surface area contributed by atoms with E-state index >= 15 is 0 Å². The second kappa shape index (κ2) is 7.55. The summed E-state index contributed by atoms with van der Waals surface area (Å²) in [6, 6.07) is 7.55. The van der Waals surface area contributed by atoms with Crippen LogP contribution in [0.3, 0.4) is 0 Å². The molecule has 2 heterocycles. The number of aromatic nitrogens is 3. The van der Waals surface area contributed by atoms with Gasteiger partial charge >= 0.3 is 0 Å². The summed E-state index contributed by atoms with van der Waals surface area (Å²) in [5.41, 5.74) is 1.66. The van der Waals surface area contributed by atoms with Crippen LogP contribution in [-0.4, -0.2) is 19.6 Å². The van der Waals surface area contributed by atoms with E-state index in [1.165, 1.54) is 30.0 Å². The fourth-order valence-corrected chi connectivity index (χ4v) is 3.29. The van der Waals surface area contributed by atoms with Crippen LogP contribution in [-0.2, 0) is 18.9 Å². The van der Waals surface area contributed by atoms with Gasteiger partial charge in [0.2, 0.25) is 0 Å². The highest BCUT2D eigenvalue weighted by molar-refractivity contribution is 7.98. The Balaban J connectivity index is 1.82. The van der Waals surface area contributed by atoms with E-state index in [1.54, 1.807) is 18.6 Å². The number of hydrogen-bond donors (Lipinski definition) is 1. The molecule has 2 aromatic heterocycles. The molecule has 0 bridgehead atoms. The lowest BCUT2D eigenvalue weighted by molar-refractivity contribution is 0.270. The van der Waals surface area contributed by atoms with Gasteiger partial charge in [0.1, 0.15) is 11.6 Å². The van der Waals surface area contributed by atoms with E-state index in [-0.39, 0.29) is 17.9 Å². The van der Waals surface area contributed by atoms with Crippen molar-refractivity contribution in [1.82, 2.24) is 14.5 Å². The molecule has 0 saturated heterocycles. The highest BCUT2D eigenvalue weighted by Gasteiger charge is 2.14. The molecule has 0 aliphatic carbocycles. The lowest BCUT2D eigenvalue weighted by atomic mass is 10.2. The smallest absolute Gasteiger partial charge is 0.168 e. The van der Waals surface area contributed by atoms with Gasteiger partial charge in [-0.25, -0.2) is 13.8 Å². The molecule has 0 aliphatic rings. The first-order chi connectivity index (χ1) is 11.7. The van der Waals surface area contributed by atoms with Gasteiger partial charge < -0.3 is 9.67 Å². The number of halogens is 2. The van der Waals surface area contributed by atoms with Gasteiger partial charge in [-0.2, -0.15) is 0 Å². The minimum Gasteiger partial charge on any atom is -0.390 e. The van der Waals surface area contributed by atoms with E-state index in [2.05, 4.69) is 9.97 Å². The lowest BCUT2D eigenvalue weighted by Gasteiger charge is -2.11. The van der Waals surface area contributed by atoms with Gasteiger partial charge in [-0.15, -0.1) is 0 Å². The van der Waals surface area contributed by atoms with E-state index in [9.17, 15) is 13.9 Å². The summed E-state index contributed by atoms with van der Waals surface area (Å²) in [5, 5.41) is 10.1. The molecule has 0 atom stereocenters. The summed E-state index contributed by atoms with van der Waals surface area (Å²) in [7, 11) is 0. The number of nitrogens with zero attached hydrogens (tertiary/aromatic N) is 3. The number of aliphatic hydroxyl groups excluding tert-OH is 1. The van der Waals surface area contributed by atoms with Crippen molar-refractivity contribution in [3.05, 3.63) is 77.4 Å². The Morgan fingerprint density at radius 1 is 1.08 bits per heavy atom. The van der Waals surface area contributed by atoms with Crippen LogP contribution in [0.2, 0.25) is 0 Å². The summed E-state index contributed by atoms with van der Waals surface area (Å²) in [6.45, 7) is 0.340. The second-order valence-corrected chi connectivity index (χ2v) is 6.06. The maximum Gasteiger partial charge on any atom is 0.168 e. The zero-order valence-electron chi connectivity index (χ0n) is 12.7. The number of imidazole rings is 1. The van der Waals surface area contributed by atoms with Gasteiger partial charge in [-0.05, 0) is 29.8 Å². The van der Waals surface area contributed by atoms with Crippen molar-refractivity contribution >= 4 is 11.8 Å². The minimum atomic E-state index is -0.572. The first kappa shape index (κ1) is 16.6. The fourth-order valence-electron chi connectivity index (χ4n) is 2.28. The Bertz CT molecular complexity index is 804. The number of benzene rings is 1. The van der Waals surface area contributed by atoms with Gasteiger partial charge in [0.05, 0.1) is 25.0 Å². The lowest BCUT2D eigenvalue weighted by Crippen LogP contribution is -2.06. The molecule has 1 N–H and O–H groups in total. The Hall–Kier alpha value is -2.25. The molecule has 0 aliphatic heterocycles. The van der Waals surface area contributed by atoms with Crippen molar-refractivity contribution in [3.63, 3.8) is 0 Å². The van der Waals surface area contributed by atoms with E-state index < -0.39 is 11.6 Å². The van der Waals surface area contributed by atoms with Crippen LogP contribution < -0.4 is 0 Å². The molecule has 1 aromatic carbocycles. The van der Waals surface area contributed by atoms with E-state index in [0.717, 1.165) is 5.56 Å². The molecule has 0 unspecified atom stereocenters. The standard InChI is InChI=1S/C17H15F2N3OS/c18-15-2-1-3-16(19)14(15)11-24-17-21-8-13(10-23)22(17)9-12-4-6-20-7-5-12/h1-8,23H,9-11H2. The van der Waals surface area contributed by atoms with Crippen LogP contribution in [0.25, 0.3) is 0 Å². The third-order valence-electron chi connectivity index (χ3n) is 3.56. The summed E-state index contributed by atoms with van der Waals surface area (Å²) < 4.78 is 29.3. The van der Waals surface area contributed by atoms with Gasteiger partial charge in [0.15, 0.2) is 5.16 Å².